The van der Waals surface area contributed by atoms with Crippen LogP contribution in [0.4, 0.5) is 0 Å². The Labute approximate surface area is 195 Å². The molecule has 1 heterocycles. The molecule has 168 valence electrons. The molecule has 1 N–H and O–H groups in total. The van der Waals surface area contributed by atoms with Crippen molar-refractivity contribution in [1.82, 2.24) is 15.3 Å². The third-order valence-corrected chi connectivity index (χ3v) is 5.15. The van der Waals surface area contributed by atoms with Crippen molar-refractivity contribution in [1.29, 1.82) is 0 Å². The number of halogens is 1. The number of aryl methyl sites for hydroxylation is 1. The molecule has 0 fully saturated rings. The van der Waals surface area contributed by atoms with Gasteiger partial charge in [-0.25, -0.2) is 10.2 Å². The minimum atomic E-state index is -0.727. The lowest BCUT2D eigenvalue weighted by atomic mass is 10.1. The first kappa shape index (κ1) is 25.0. The van der Waals surface area contributed by atoms with Crippen molar-refractivity contribution in [3.05, 3.63) is 55.5 Å². The van der Waals surface area contributed by atoms with Crippen LogP contribution in [0.2, 0.25) is 0 Å². The van der Waals surface area contributed by atoms with Crippen LogP contribution in [0.15, 0.2) is 35.1 Å². The number of amides is 1. The number of ether oxygens (including phenoxy) is 1. The van der Waals surface area contributed by atoms with Gasteiger partial charge in [0.2, 0.25) is 5.43 Å². The Balaban J connectivity index is 2.15. The molecule has 0 saturated heterocycles. The zero-order valence-corrected chi connectivity index (χ0v) is 20.2. The fourth-order valence-corrected chi connectivity index (χ4v) is 3.21. The van der Waals surface area contributed by atoms with Crippen molar-refractivity contribution in [3.63, 3.8) is 0 Å². The number of esters is 1. The van der Waals surface area contributed by atoms with E-state index in [1.54, 1.807) is 18.5 Å². The number of nitrogens with one attached hydrogen (secondary N) is 1. The number of carbonyl (C=O) groups excluding carboxylic acids is 2. The molecule has 0 radical (unpaired) electrons. The van der Waals surface area contributed by atoms with E-state index in [0.717, 1.165) is 27.8 Å². The maximum atomic E-state index is 12.5. The SMILES string of the molecule is CCCCc1cc(=O)c(C(=O)NOCC(C)CC(=O)OCC)nn1-c1ccc(I)cc1. The molecule has 1 atom stereocenters. The second-order valence-corrected chi connectivity index (χ2v) is 8.44. The second-order valence-electron chi connectivity index (χ2n) is 7.20. The summed E-state index contributed by atoms with van der Waals surface area (Å²) in [6, 6.07) is 9.12. The van der Waals surface area contributed by atoms with Gasteiger partial charge in [-0.05, 0) is 72.5 Å². The molecule has 9 heteroatoms. The van der Waals surface area contributed by atoms with Gasteiger partial charge in [0.15, 0.2) is 5.69 Å². The number of hydrogen-bond acceptors (Lipinski definition) is 6. The molecule has 31 heavy (non-hydrogen) atoms. The van der Waals surface area contributed by atoms with E-state index in [4.69, 9.17) is 9.57 Å². The highest BCUT2D eigenvalue weighted by molar-refractivity contribution is 14.1. The summed E-state index contributed by atoms with van der Waals surface area (Å²) in [6.45, 7) is 6.03. The highest BCUT2D eigenvalue weighted by Crippen LogP contribution is 2.14. The third-order valence-electron chi connectivity index (χ3n) is 4.43. The van der Waals surface area contributed by atoms with Crippen LogP contribution in [0, 0.1) is 9.49 Å². The molecule has 0 aliphatic rings. The van der Waals surface area contributed by atoms with Crippen LogP contribution in [-0.2, 0) is 20.8 Å². The molecule has 1 amide bonds. The summed E-state index contributed by atoms with van der Waals surface area (Å²) >= 11 is 2.21. The zero-order valence-electron chi connectivity index (χ0n) is 18.0. The molecule has 1 aromatic carbocycles. The van der Waals surface area contributed by atoms with Crippen molar-refractivity contribution >= 4 is 34.5 Å². The Morgan fingerprint density at radius 2 is 1.94 bits per heavy atom. The van der Waals surface area contributed by atoms with Gasteiger partial charge in [0.05, 0.1) is 25.3 Å². The van der Waals surface area contributed by atoms with Crippen molar-refractivity contribution < 1.29 is 19.2 Å². The maximum absolute atomic E-state index is 12.5. The van der Waals surface area contributed by atoms with E-state index >= 15 is 0 Å². The largest absolute Gasteiger partial charge is 0.466 e. The van der Waals surface area contributed by atoms with Gasteiger partial charge in [0, 0.05) is 15.3 Å². The quantitative estimate of drug-likeness (QED) is 0.266. The van der Waals surface area contributed by atoms with Crippen LogP contribution in [0.5, 0.6) is 0 Å². The van der Waals surface area contributed by atoms with Crippen molar-refractivity contribution in [2.24, 2.45) is 5.92 Å². The number of aromatic nitrogens is 2. The minimum absolute atomic E-state index is 0.102. The van der Waals surface area contributed by atoms with Crippen LogP contribution < -0.4 is 10.9 Å². The standard InChI is InChI=1S/C22H28IN3O5/c1-4-6-7-18-13-19(27)21(24-26(18)17-10-8-16(23)9-11-17)22(29)25-31-14-15(3)12-20(28)30-5-2/h8-11,13,15H,4-7,12,14H2,1-3H3,(H,25,29). The zero-order chi connectivity index (χ0) is 22.8. The topological polar surface area (TPSA) is 99.5 Å². The van der Waals surface area contributed by atoms with Gasteiger partial charge in [-0.15, -0.1) is 0 Å². The normalized spacial score (nSPS) is 11.7. The molecule has 1 aromatic heterocycles. The van der Waals surface area contributed by atoms with E-state index < -0.39 is 11.3 Å². The van der Waals surface area contributed by atoms with Gasteiger partial charge in [0.1, 0.15) is 0 Å². The number of carbonyl (C=O) groups is 2. The van der Waals surface area contributed by atoms with Crippen molar-refractivity contribution in [2.75, 3.05) is 13.2 Å². The number of rotatable bonds is 11. The highest BCUT2D eigenvalue weighted by Gasteiger charge is 2.18. The molecular weight excluding hydrogens is 513 g/mol. The van der Waals surface area contributed by atoms with Crippen LogP contribution in [0.3, 0.4) is 0 Å². The average Bonchev–Trinajstić information content (AvgIpc) is 2.73. The van der Waals surface area contributed by atoms with Gasteiger partial charge in [-0.2, -0.15) is 5.10 Å². The van der Waals surface area contributed by atoms with Crippen LogP contribution in [0.1, 0.15) is 56.2 Å². The monoisotopic (exact) mass is 541 g/mol. The molecule has 0 aliphatic heterocycles. The minimum Gasteiger partial charge on any atom is -0.466 e. The smallest absolute Gasteiger partial charge is 0.306 e. The fraction of sp³-hybridized carbons (Fsp3) is 0.455. The summed E-state index contributed by atoms with van der Waals surface area (Å²) in [4.78, 5) is 41.8. The van der Waals surface area contributed by atoms with Crippen LogP contribution in [-0.4, -0.2) is 34.9 Å². The number of nitrogens with zero attached hydrogens (tertiary/aromatic N) is 2. The van der Waals surface area contributed by atoms with E-state index in [-0.39, 0.29) is 30.6 Å². The molecule has 0 aliphatic carbocycles. The highest BCUT2D eigenvalue weighted by atomic mass is 127. The summed E-state index contributed by atoms with van der Waals surface area (Å²) in [7, 11) is 0. The molecule has 0 saturated carbocycles. The lowest BCUT2D eigenvalue weighted by Crippen LogP contribution is -2.33. The van der Waals surface area contributed by atoms with E-state index in [0.29, 0.717) is 13.0 Å². The average molecular weight is 541 g/mol. The number of benzene rings is 1. The van der Waals surface area contributed by atoms with E-state index in [2.05, 4.69) is 40.1 Å². The first-order valence-electron chi connectivity index (χ1n) is 10.3. The van der Waals surface area contributed by atoms with Gasteiger partial charge in [-0.1, -0.05) is 20.3 Å². The Morgan fingerprint density at radius 1 is 1.23 bits per heavy atom. The predicted molar refractivity (Wildman–Crippen MR) is 125 cm³/mol. The first-order valence-corrected chi connectivity index (χ1v) is 11.4. The second kappa shape index (κ2) is 12.6. The van der Waals surface area contributed by atoms with E-state index in [9.17, 15) is 14.4 Å². The van der Waals surface area contributed by atoms with Gasteiger partial charge >= 0.3 is 5.97 Å². The van der Waals surface area contributed by atoms with Gasteiger partial charge in [0.25, 0.3) is 5.91 Å². The van der Waals surface area contributed by atoms with Gasteiger partial charge in [-0.3, -0.25) is 19.2 Å². The Hall–Kier alpha value is -2.27. The summed E-state index contributed by atoms with van der Waals surface area (Å²) in [5.41, 5.74) is 3.05. The van der Waals surface area contributed by atoms with Crippen molar-refractivity contribution in [3.8, 4) is 5.69 Å². The van der Waals surface area contributed by atoms with Gasteiger partial charge < -0.3 is 4.74 Å². The third kappa shape index (κ3) is 7.73. The number of hydrogen-bond donors (Lipinski definition) is 1. The van der Waals surface area contributed by atoms with Crippen molar-refractivity contribution in [2.45, 2.75) is 46.5 Å². The molecule has 0 spiro atoms. The maximum Gasteiger partial charge on any atom is 0.306 e. The summed E-state index contributed by atoms with van der Waals surface area (Å²) in [5, 5.41) is 4.33. The van der Waals surface area contributed by atoms with Crippen LogP contribution >= 0.6 is 22.6 Å². The first-order chi connectivity index (χ1) is 14.8. The molecule has 8 nitrogen and oxygen atoms in total. The number of hydroxylamine groups is 1. The molecule has 2 aromatic rings. The fourth-order valence-electron chi connectivity index (χ4n) is 2.85. The van der Waals surface area contributed by atoms with Crippen LogP contribution in [0.25, 0.3) is 5.69 Å². The molecule has 0 bridgehead atoms. The van der Waals surface area contributed by atoms with E-state index in [1.165, 1.54) is 6.07 Å². The summed E-state index contributed by atoms with van der Waals surface area (Å²) in [6.07, 6.45) is 2.72. The molecule has 2 rings (SSSR count). The predicted octanol–water partition coefficient (Wildman–Crippen LogP) is 3.43. The molecular formula is C22H28IN3O5. The Morgan fingerprint density at radius 3 is 2.58 bits per heavy atom. The summed E-state index contributed by atoms with van der Waals surface area (Å²) < 4.78 is 7.59. The Bertz CT molecular complexity index is 943. The Kier molecular flexibility index (Phi) is 10.1. The lowest BCUT2D eigenvalue weighted by Gasteiger charge is -2.14. The van der Waals surface area contributed by atoms with E-state index in [1.807, 2.05) is 24.3 Å². The lowest BCUT2D eigenvalue weighted by molar-refractivity contribution is -0.144. The molecule has 1 unspecified atom stereocenters. The summed E-state index contributed by atoms with van der Waals surface area (Å²) in [5.74, 6) is -1.21. The number of unbranched alkanes of at least 4 members (excludes halogenated alkanes) is 1.